The van der Waals surface area contributed by atoms with Gasteiger partial charge in [0.1, 0.15) is 0 Å². The van der Waals surface area contributed by atoms with Gasteiger partial charge in [0.25, 0.3) is 0 Å². The molecule has 158 valence electrons. The molecule has 0 radical (unpaired) electrons. The average Bonchev–Trinajstić information content (AvgIpc) is 3.45. The van der Waals surface area contributed by atoms with Crippen molar-refractivity contribution >= 4 is 11.6 Å². The van der Waals surface area contributed by atoms with Crippen molar-refractivity contribution in [1.82, 2.24) is 24.9 Å². The van der Waals surface area contributed by atoms with E-state index in [9.17, 15) is 18.0 Å². The number of benzene rings is 1. The van der Waals surface area contributed by atoms with Gasteiger partial charge in [-0.25, -0.2) is 4.68 Å². The zero-order valence-corrected chi connectivity index (χ0v) is 15.9. The third-order valence-corrected chi connectivity index (χ3v) is 4.30. The topological polar surface area (TPSA) is 98.7 Å². The standard InChI is InChI=1S/C20H15F3N6O2/c21-20(22,23)14-4-5-16(29-10-2-9-25-29)15(11-14)26-17(30)6-7-18-27-19(28-31-18)13-3-1-8-24-12-13/h1-5,8-12H,6-7H2,(H,26,30). The highest BCUT2D eigenvalue weighted by molar-refractivity contribution is 5.93. The van der Waals surface area contributed by atoms with E-state index < -0.39 is 17.6 Å². The van der Waals surface area contributed by atoms with Crippen molar-refractivity contribution in [1.29, 1.82) is 0 Å². The first kappa shape index (κ1) is 20.3. The number of hydrogen-bond acceptors (Lipinski definition) is 6. The highest BCUT2D eigenvalue weighted by Gasteiger charge is 2.31. The van der Waals surface area contributed by atoms with Gasteiger partial charge in [-0.05, 0) is 36.4 Å². The Morgan fingerprint density at radius 2 is 2.03 bits per heavy atom. The first-order valence-electron chi connectivity index (χ1n) is 9.14. The van der Waals surface area contributed by atoms with Gasteiger partial charge >= 0.3 is 6.18 Å². The number of pyridine rings is 1. The number of nitrogens with zero attached hydrogens (tertiary/aromatic N) is 5. The molecule has 0 unspecified atom stereocenters. The number of halogens is 3. The number of nitrogens with one attached hydrogen (secondary N) is 1. The second-order valence-corrected chi connectivity index (χ2v) is 6.48. The smallest absolute Gasteiger partial charge is 0.339 e. The molecule has 0 aliphatic rings. The minimum atomic E-state index is -4.55. The van der Waals surface area contributed by atoms with Crippen molar-refractivity contribution in [2.75, 3.05) is 5.32 Å². The van der Waals surface area contributed by atoms with Crippen molar-refractivity contribution in [2.45, 2.75) is 19.0 Å². The Morgan fingerprint density at radius 3 is 2.74 bits per heavy atom. The van der Waals surface area contributed by atoms with E-state index in [2.05, 4.69) is 25.5 Å². The van der Waals surface area contributed by atoms with Crippen molar-refractivity contribution in [3.05, 3.63) is 72.6 Å². The van der Waals surface area contributed by atoms with Crippen LogP contribution in [0.4, 0.5) is 18.9 Å². The Morgan fingerprint density at radius 1 is 1.16 bits per heavy atom. The van der Waals surface area contributed by atoms with Crippen LogP contribution < -0.4 is 5.32 Å². The normalized spacial score (nSPS) is 11.5. The molecule has 3 aromatic heterocycles. The molecule has 11 heteroatoms. The molecule has 0 saturated carbocycles. The van der Waals surface area contributed by atoms with Gasteiger partial charge in [0, 0.05) is 43.2 Å². The summed E-state index contributed by atoms with van der Waals surface area (Å²) in [6, 6.07) is 8.18. The van der Waals surface area contributed by atoms with Crippen molar-refractivity contribution in [3.63, 3.8) is 0 Å². The van der Waals surface area contributed by atoms with Gasteiger partial charge in [0.2, 0.25) is 17.6 Å². The number of anilines is 1. The van der Waals surface area contributed by atoms with Gasteiger partial charge in [-0.15, -0.1) is 0 Å². The number of rotatable bonds is 6. The van der Waals surface area contributed by atoms with E-state index in [1.807, 2.05) is 0 Å². The lowest BCUT2D eigenvalue weighted by molar-refractivity contribution is -0.137. The minimum Gasteiger partial charge on any atom is -0.339 e. The van der Waals surface area contributed by atoms with Gasteiger partial charge in [-0.1, -0.05) is 5.16 Å². The number of carbonyl (C=O) groups excluding carboxylic acids is 1. The zero-order valence-electron chi connectivity index (χ0n) is 15.9. The number of carbonyl (C=O) groups is 1. The molecule has 0 atom stereocenters. The van der Waals surface area contributed by atoms with Gasteiger partial charge in [-0.2, -0.15) is 23.3 Å². The Balaban J connectivity index is 1.47. The first-order chi connectivity index (χ1) is 14.9. The van der Waals surface area contributed by atoms with E-state index in [0.717, 1.165) is 12.1 Å². The molecule has 0 fully saturated rings. The fourth-order valence-electron chi connectivity index (χ4n) is 2.83. The van der Waals surface area contributed by atoms with Crippen LogP contribution in [-0.2, 0) is 17.4 Å². The molecule has 1 N–H and O–H groups in total. The molecule has 3 heterocycles. The minimum absolute atomic E-state index is 0.00916. The second kappa shape index (κ2) is 8.38. The molecule has 0 spiro atoms. The van der Waals surface area contributed by atoms with E-state index in [1.165, 1.54) is 16.9 Å². The Bertz CT molecular complexity index is 1170. The van der Waals surface area contributed by atoms with Gasteiger partial charge in [0.15, 0.2) is 0 Å². The number of amides is 1. The van der Waals surface area contributed by atoms with Gasteiger partial charge in [-0.3, -0.25) is 9.78 Å². The lowest BCUT2D eigenvalue weighted by Gasteiger charge is -2.14. The highest BCUT2D eigenvalue weighted by atomic mass is 19.4. The van der Waals surface area contributed by atoms with Crippen LogP contribution in [0.25, 0.3) is 17.1 Å². The predicted octanol–water partition coefficient (Wildman–Crippen LogP) is 3.91. The van der Waals surface area contributed by atoms with Crippen molar-refractivity contribution in [2.24, 2.45) is 0 Å². The van der Waals surface area contributed by atoms with Crippen LogP contribution in [0, 0.1) is 0 Å². The van der Waals surface area contributed by atoms with Crippen LogP contribution >= 0.6 is 0 Å². The summed E-state index contributed by atoms with van der Waals surface area (Å²) in [5, 5.41) is 10.4. The van der Waals surface area contributed by atoms with E-state index in [0.29, 0.717) is 17.1 Å². The molecule has 8 nitrogen and oxygen atoms in total. The molecular weight excluding hydrogens is 413 g/mol. The summed E-state index contributed by atoms with van der Waals surface area (Å²) in [6.45, 7) is 0. The lowest BCUT2D eigenvalue weighted by Crippen LogP contribution is -2.16. The lowest BCUT2D eigenvalue weighted by atomic mass is 10.1. The van der Waals surface area contributed by atoms with E-state index in [-0.39, 0.29) is 24.4 Å². The summed E-state index contributed by atoms with van der Waals surface area (Å²) < 4.78 is 45.9. The molecule has 0 bridgehead atoms. The SMILES string of the molecule is O=C(CCc1nc(-c2cccnc2)no1)Nc1cc(C(F)(F)F)ccc1-n1cccn1. The van der Waals surface area contributed by atoms with Crippen molar-refractivity contribution < 1.29 is 22.5 Å². The fraction of sp³-hybridized carbons (Fsp3) is 0.150. The van der Waals surface area contributed by atoms with Crippen LogP contribution in [0.5, 0.6) is 0 Å². The molecular formula is C20H15F3N6O2. The van der Waals surface area contributed by atoms with E-state index in [1.54, 1.807) is 36.8 Å². The molecule has 31 heavy (non-hydrogen) atoms. The average molecular weight is 428 g/mol. The Hall–Kier alpha value is -4.02. The quantitative estimate of drug-likeness (QED) is 0.500. The highest BCUT2D eigenvalue weighted by Crippen LogP contribution is 2.33. The summed E-state index contributed by atoms with van der Waals surface area (Å²) in [4.78, 5) is 20.6. The summed E-state index contributed by atoms with van der Waals surface area (Å²) in [5.41, 5.74) is 0.0830. The Kier molecular flexibility index (Phi) is 5.48. The predicted molar refractivity (Wildman–Crippen MR) is 103 cm³/mol. The maximum absolute atomic E-state index is 13.1. The van der Waals surface area contributed by atoms with E-state index >= 15 is 0 Å². The molecule has 4 aromatic rings. The second-order valence-electron chi connectivity index (χ2n) is 6.48. The summed E-state index contributed by atoms with van der Waals surface area (Å²) in [5.74, 6) is 0.0570. The number of alkyl halides is 3. The van der Waals surface area contributed by atoms with Crippen LogP contribution in [0.2, 0.25) is 0 Å². The summed E-state index contributed by atoms with van der Waals surface area (Å²) in [7, 11) is 0. The van der Waals surface area contributed by atoms with Crippen LogP contribution in [0.1, 0.15) is 17.9 Å². The number of hydrogen-bond donors (Lipinski definition) is 1. The molecule has 0 aliphatic heterocycles. The maximum atomic E-state index is 13.1. The van der Waals surface area contributed by atoms with Gasteiger partial charge < -0.3 is 9.84 Å². The number of aromatic nitrogens is 5. The van der Waals surface area contributed by atoms with E-state index in [4.69, 9.17) is 4.52 Å². The van der Waals surface area contributed by atoms with Gasteiger partial charge in [0.05, 0.1) is 16.9 Å². The third-order valence-electron chi connectivity index (χ3n) is 4.30. The van der Waals surface area contributed by atoms with Crippen LogP contribution in [0.3, 0.4) is 0 Å². The number of aryl methyl sites for hydroxylation is 1. The molecule has 1 aromatic carbocycles. The molecule has 0 aliphatic carbocycles. The monoisotopic (exact) mass is 428 g/mol. The zero-order chi connectivity index (χ0) is 21.8. The largest absolute Gasteiger partial charge is 0.416 e. The third kappa shape index (κ3) is 4.77. The first-order valence-corrected chi connectivity index (χ1v) is 9.14. The van der Waals surface area contributed by atoms with Crippen LogP contribution in [0.15, 0.2) is 65.7 Å². The molecule has 0 saturated heterocycles. The van der Waals surface area contributed by atoms with Crippen LogP contribution in [-0.4, -0.2) is 30.8 Å². The summed E-state index contributed by atoms with van der Waals surface area (Å²) in [6.07, 6.45) is 1.74. The molecule has 4 rings (SSSR count). The fourth-order valence-corrected chi connectivity index (χ4v) is 2.83. The Labute approximate surface area is 173 Å². The maximum Gasteiger partial charge on any atom is 0.416 e. The molecule has 1 amide bonds. The summed E-state index contributed by atoms with van der Waals surface area (Å²) >= 11 is 0. The van der Waals surface area contributed by atoms with Crippen molar-refractivity contribution in [3.8, 4) is 17.1 Å².